The van der Waals surface area contributed by atoms with Gasteiger partial charge in [0.1, 0.15) is 84.3 Å². The van der Waals surface area contributed by atoms with E-state index in [4.69, 9.17) is 10.5 Å². The van der Waals surface area contributed by atoms with E-state index in [0.717, 1.165) is 6.42 Å². The lowest BCUT2D eigenvalue weighted by atomic mass is 9.95. The fraction of sp³-hybridized carbons (Fsp3) is 0.707. The molecule has 105 heavy (non-hydrogen) atoms. The Hall–Kier alpha value is -8.54. The second-order valence-corrected chi connectivity index (χ2v) is 30.2. The van der Waals surface area contributed by atoms with Gasteiger partial charge in [0.2, 0.25) is 70.9 Å². The Kier molecular flexibility index (Phi) is 37.8. The summed E-state index contributed by atoms with van der Waals surface area (Å²) in [6, 6.07) is -7.67. The maximum atomic E-state index is 15.0. The number of rotatable bonds is 33. The number of aliphatic hydroxyl groups is 1. The van der Waals surface area contributed by atoms with E-state index in [1.807, 2.05) is 13.8 Å². The Labute approximate surface area is 620 Å². The van der Waals surface area contributed by atoms with Crippen LogP contribution in [-0.4, -0.2) is 191 Å². The summed E-state index contributed by atoms with van der Waals surface area (Å²) in [5, 5.41) is 43.2. The Morgan fingerprint density at radius 1 is 0.610 bits per heavy atom. The quantitative estimate of drug-likeness (QED) is 0.0353. The molecule has 0 saturated carbocycles. The topological polar surface area (TPSA) is 442 Å². The summed E-state index contributed by atoms with van der Waals surface area (Å²) in [6.07, 6.45) is 1.02. The van der Waals surface area contributed by atoms with Crippen LogP contribution in [0.1, 0.15) is 195 Å². The molecule has 0 bridgehead atoms. The number of hydrogen-bond donors (Lipinski definition) is 14. The minimum Gasteiger partial charge on any atom is -0.458 e. The van der Waals surface area contributed by atoms with Gasteiger partial charge in [-0.05, 0) is 112 Å². The number of carbonyl (C=O) groups is 14. The number of likely N-dealkylation sites (tertiary alicyclic amines) is 1. The molecule has 2 saturated heterocycles. The van der Waals surface area contributed by atoms with Gasteiger partial charge in [0.05, 0.1) is 6.10 Å². The summed E-state index contributed by atoms with van der Waals surface area (Å²) in [5.41, 5.74) is 6.34. The highest BCUT2D eigenvalue weighted by atomic mass is 16.5. The molecule has 16 atom stereocenters. The lowest BCUT2D eigenvalue weighted by Crippen LogP contribution is -2.64. The highest BCUT2D eigenvalue weighted by Gasteiger charge is 2.44. The first-order valence-electron chi connectivity index (χ1n) is 37.5. The fourth-order valence-corrected chi connectivity index (χ4v) is 12.1. The number of allylic oxidation sites excluding steroid dienone is 1. The van der Waals surface area contributed by atoms with Crippen LogP contribution in [0.25, 0.3) is 0 Å². The zero-order valence-corrected chi connectivity index (χ0v) is 65.2. The van der Waals surface area contributed by atoms with Crippen LogP contribution in [0.3, 0.4) is 0 Å². The van der Waals surface area contributed by atoms with Gasteiger partial charge in [0, 0.05) is 19.4 Å². The summed E-state index contributed by atoms with van der Waals surface area (Å²) >= 11 is 0. The molecule has 3 rings (SSSR count). The Morgan fingerprint density at radius 3 is 1.69 bits per heavy atom. The molecular formula is C75H124N14O16. The normalized spacial score (nSPS) is 22.6. The van der Waals surface area contributed by atoms with Crippen molar-refractivity contribution in [1.29, 1.82) is 0 Å². The Balaban J connectivity index is 2.00. The van der Waals surface area contributed by atoms with Crippen LogP contribution in [0.5, 0.6) is 0 Å². The van der Waals surface area contributed by atoms with Crippen molar-refractivity contribution in [2.24, 2.45) is 53.1 Å². The minimum absolute atomic E-state index is 0.0355. The summed E-state index contributed by atoms with van der Waals surface area (Å²) in [4.78, 5) is 202. The van der Waals surface area contributed by atoms with E-state index in [9.17, 15) is 62.6 Å². The van der Waals surface area contributed by atoms with Gasteiger partial charge in [0.25, 0.3) is 5.91 Å². The highest BCUT2D eigenvalue weighted by Crippen LogP contribution is 2.23. The summed E-state index contributed by atoms with van der Waals surface area (Å²) in [5.74, 6) is -15.1. The van der Waals surface area contributed by atoms with Crippen LogP contribution in [0.2, 0.25) is 0 Å². The zero-order chi connectivity index (χ0) is 79.4. The lowest BCUT2D eigenvalue weighted by Gasteiger charge is -2.33. The number of ether oxygens (including phenoxy) is 1. The van der Waals surface area contributed by atoms with Gasteiger partial charge in [-0.3, -0.25) is 62.3 Å². The third-order valence-electron chi connectivity index (χ3n) is 19.3. The molecule has 15 N–H and O–H groups in total. The van der Waals surface area contributed by atoms with E-state index in [1.165, 1.54) is 31.7 Å². The number of nitrogens with two attached hydrogens (primary N) is 1. The average molecular weight is 1480 g/mol. The van der Waals surface area contributed by atoms with E-state index >= 15 is 9.59 Å². The maximum Gasteiger partial charge on any atom is 0.329 e. The van der Waals surface area contributed by atoms with E-state index in [2.05, 4.69) is 63.8 Å². The Morgan fingerprint density at radius 2 is 1.15 bits per heavy atom. The van der Waals surface area contributed by atoms with Crippen LogP contribution in [0.15, 0.2) is 42.1 Å². The van der Waals surface area contributed by atoms with E-state index in [1.54, 1.807) is 127 Å². The van der Waals surface area contributed by atoms with E-state index in [0.29, 0.717) is 30.7 Å². The van der Waals surface area contributed by atoms with Crippen molar-refractivity contribution < 1.29 is 77.0 Å². The molecule has 2 heterocycles. The zero-order valence-electron chi connectivity index (χ0n) is 65.2. The van der Waals surface area contributed by atoms with Crippen LogP contribution >= 0.6 is 0 Å². The molecule has 590 valence electrons. The fourth-order valence-electron chi connectivity index (χ4n) is 12.1. The number of cyclic esters (lactones) is 1. The molecule has 0 aliphatic carbocycles. The van der Waals surface area contributed by atoms with E-state index < -0.39 is 203 Å². The van der Waals surface area contributed by atoms with Gasteiger partial charge in [-0.1, -0.05) is 166 Å². The van der Waals surface area contributed by atoms with Crippen LogP contribution in [-0.2, 0) is 78.3 Å². The number of carbonyl (C=O) groups excluding carboxylic acids is 14. The van der Waals surface area contributed by atoms with Crippen molar-refractivity contribution in [1.82, 2.24) is 68.7 Å². The van der Waals surface area contributed by atoms with Gasteiger partial charge >= 0.3 is 5.97 Å². The predicted molar refractivity (Wildman–Crippen MR) is 395 cm³/mol. The third kappa shape index (κ3) is 27.7. The second-order valence-electron chi connectivity index (χ2n) is 30.2. The smallest absolute Gasteiger partial charge is 0.329 e. The SMILES string of the molecule is C/C=C1\NC(=O)[C@H](Cc2ccccc2)NC(=O)[C@@H](C(C)C)NC(=O)[C@@H]([C@@H](C)CC)NC(=O)[C@H](NC(=O)[C@H](NC(=O)[C@H](CCCN)NC(=O)[C@H]2CCCN2C(=O)[C@@H](NC(=O)[C@H](NC(=O)[C@@H](NC(=O)[C@H](NC(=O)CCCC(C)C)C(C)C)[C@@H](C)O)C(C)C)C(C)C)[C@@H](C)CC)[C@@H](C)OC(=O)[C@H](C(C)C)NC1=O. The van der Waals surface area contributed by atoms with Crippen molar-refractivity contribution in [2.75, 3.05) is 13.1 Å². The first-order valence-corrected chi connectivity index (χ1v) is 37.5. The predicted octanol–water partition coefficient (Wildman–Crippen LogP) is 1.84. The number of amides is 13. The number of hydrogen-bond acceptors (Lipinski definition) is 17. The second kappa shape index (κ2) is 43.8. The summed E-state index contributed by atoms with van der Waals surface area (Å²) < 4.78 is 5.96. The molecule has 1 aromatic carbocycles. The molecule has 30 heteroatoms. The molecule has 0 spiro atoms. The Bertz CT molecular complexity index is 3160. The van der Waals surface area contributed by atoms with E-state index in [-0.39, 0.29) is 63.2 Å². The first-order chi connectivity index (χ1) is 49.2. The minimum atomic E-state index is -1.83. The van der Waals surface area contributed by atoms with Gasteiger partial charge in [-0.15, -0.1) is 0 Å². The van der Waals surface area contributed by atoms with Crippen molar-refractivity contribution >= 4 is 82.8 Å². The molecule has 0 unspecified atom stereocenters. The summed E-state index contributed by atoms with van der Waals surface area (Å²) in [6.45, 7) is 31.8. The van der Waals surface area contributed by atoms with Crippen LogP contribution in [0.4, 0.5) is 0 Å². The molecule has 2 aliphatic rings. The average Bonchev–Trinajstić information content (AvgIpc) is 1.79. The van der Waals surface area contributed by atoms with Crippen molar-refractivity contribution in [2.45, 2.75) is 280 Å². The van der Waals surface area contributed by atoms with Crippen molar-refractivity contribution in [3.05, 3.63) is 47.7 Å². The van der Waals surface area contributed by atoms with Crippen LogP contribution in [0, 0.1) is 47.3 Å². The van der Waals surface area contributed by atoms with Gasteiger partial charge in [-0.25, -0.2) is 4.79 Å². The number of benzene rings is 1. The molecule has 2 aliphatic heterocycles. The summed E-state index contributed by atoms with van der Waals surface area (Å²) in [7, 11) is 0. The largest absolute Gasteiger partial charge is 0.458 e. The molecule has 2 fully saturated rings. The number of aliphatic hydroxyl groups excluding tert-OH is 1. The van der Waals surface area contributed by atoms with Crippen molar-refractivity contribution in [3.63, 3.8) is 0 Å². The number of esters is 1. The van der Waals surface area contributed by atoms with Gasteiger partial charge < -0.3 is 84.3 Å². The number of nitrogens with zero attached hydrogens (tertiary/aromatic N) is 1. The van der Waals surface area contributed by atoms with Crippen LogP contribution < -0.4 is 69.5 Å². The van der Waals surface area contributed by atoms with Crippen molar-refractivity contribution in [3.8, 4) is 0 Å². The molecule has 1 aromatic rings. The number of nitrogens with one attached hydrogen (secondary N) is 12. The highest BCUT2D eigenvalue weighted by molar-refractivity contribution is 6.03. The molecule has 0 aromatic heterocycles. The maximum absolute atomic E-state index is 15.0. The molecule has 30 nitrogen and oxygen atoms in total. The third-order valence-corrected chi connectivity index (χ3v) is 19.3. The molecule has 0 radical (unpaired) electrons. The lowest BCUT2D eigenvalue weighted by molar-refractivity contribution is -0.157. The molecule has 13 amide bonds. The standard InChI is InChI=1S/C75H124N14O16/c1-20-44(16)59(71(100)88-62-47(19)105-75(104)58(43(14)15)84-63(92)49(22-3)77-65(94)51(37-48-30-24-23-25-31-48)79-67(96)55(40(8)9)81-70(99)60(45(17)21-2)86-73(62)102)85-64(93)50(32-27-35-76)78-66(95)52-33-28-36-89(52)74(103)57(42(12)13)83-69(98)56(41(10)11)82-72(101)61(46(18)90)87-68(97)54(39(6)7)80-53(91)34-26-29-38(4)5/h22-25,30-31,38-47,50-52,54-62,90H,20-21,26-29,32-37,76H2,1-19H3,(H,77,94)(H,78,95)(H,79,96)(H,80,91)(H,81,99)(H,82,101)(H,83,98)(H,84,92)(H,85,93)(H,86,102)(H,87,97)(H,88,100)/b49-22-/t44-,45-,46+,47+,50-,51-,52+,54+,55+,56+,57-,58-,59+,60+,61-,62+/m0/s1. The molecular weight excluding hydrogens is 1350 g/mol. The van der Waals surface area contributed by atoms with Gasteiger partial charge in [-0.2, -0.15) is 0 Å². The van der Waals surface area contributed by atoms with Gasteiger partial charge in [0.15, 0.2) is 0 Å². The first kappa shape index (κ1) is 90.7. The monoisotopic (exact) mass is 1480 g/mol.